The molecule has 1 unspecified atom stereocenters. The van der Waals surface area contributed by atoms with Crippen molar-refractivity contribution in [1.82, 2.24) is 15.1 Å². The van der Waals surface area contributed by atoms with Gasteiger partial charge in [-0.25, -0.2) is 4.68 Å². The number of nitrogens with one attached hydrogen (secondary N) is 1. The summed E-state index contributed by atoms with van der Waals surface area (Å²) in [5.74, 6) is 0.450. The first-order valence-corrected chi connectivity index (χ1v) is 6.89. The lowest BCUT2D eigenvalue weighted by molar-refractivity contribution is 0.670. The average molecular weight is 278 g/mol. The molecule has 19 heavy (non-hydrogen) atoms. The van der Waals surface area contributed by atoms with Gasteiger partial charge in [0.2, 0.25) is 0 Å². The van der Waals surface area contributed by atoms with Crippen LogP contribution < -0.4 is 5.32 Å². The van der Waals surface area contributed by atoms with E-state index in [9.17, 15) is 0 Å². The molecule has 0 saturated heterocycles. The summed E-state index contributed by atoms with van der Waals surface area (Å²) in [6.07, 6.45) is 0. The molecule has 3 nitrogen and oxygen atoms in total. The van der Waals surface area contributed by atoms with Crippen LogP contribution in [-0.2, 0) is 0 Å². The van der Waals surface area contributed by atoms with E-state index in [0.717, 1.165) is 22.9 Å². The summed E-state index contributed by atoms with van der Waals surface area (Å²) in [6.45, 7) is 7.37. The van der Waals surface area contributed by atoms with Crippen LogP contribution in [0.4, 0.5) is 0 Å². The number of rotatable bonds is 4. The molecule has 0 bridgehead atoms. The van der Waals surface area contributed by atoms with E-state index in [1.54, 1.807) is 0 Å². The maximum Gasteiger partial charge on any atom is 0.0649 e. The Morgan fingerprint density at radius 3 is 2.47 bits per heavy atom. The molecule has 1 heterocycles. The summed E-state index contributed by atoms with van der Waals surface area (Å²) in [7, 11) is 1.98. The third-order valence-electron chi connectivity index (χ3n) is 3.42. The Hall–Kier alpha value is -1.32. The Balaban J connectivity index is 2.43. The van der Waals surface area contributed by atoms with Crippen LogP contribution in [0.1, 0.15) is 29.8 Å². The van der Waals surface area contributed by atoms with Crippen LogP contribution in [0.5, 0.6) is 0 Å². The number of benzene rings is 1. The lowest BCUT2D eigenvalue weighted by Gasteiger charge is -2.12. The van der Waals surface area contributed by atoms with E-state index in [1.807, 2.05) is 36.0 Å². The highest BCUT2D eigenvalue weighted by Crippen LogP contribution is 2.25. The normalized spacial score (nSPS) is 12.7. The second-order valence-electron chi connectivity index (χ2n) is 4.93. The molecule has 4 heteroatoms. The van der Waals surface area contributed by atoms with Gasteiger partial charge in [-0.2, -0.15) is 5.10 Å². The van der Waals surface area contributed by atoms with Gasteiger partial charge in [-0.15, -0.1) is 0 Å². The van der Waals surface area contributed by atoms with Crippen molar-refractivity contribution in [3.05, 3.63) is 46.2 Å². The lowest BCUT2D eigenvalue weighted by atomic mass is 9.99. The lowest BCUT2D eigenvalue weighted by Crippen LogP contribution is -2.15. The molecule has 0 aliphatic rings. The van der Waals surface area contributed by atoms with E-state index in [4.69, 9.17) is 11.6 Å². The highest BCUT2D eigenvalue weighted by Gasteiger charge is 2.17. The van der Waals surface area contributed by atoms with Gasteiger partial charge in [-0.1, -0.05) is 18.5 Å². The Bertz CT molecular complexity index is 558. The standard InChI is InChI=1S/C15H20ClN3/c1-10(9-17-4)15-11(2)18-19(12(15)3)14-7-5-13(16)6-8-14/h5-8,10,17H,9H2,1-4H3. The summed E-state index contributed by atoms with van der Waals surface area (Å²) < 4.78 is 1.99. The number of hydrogen-bond donors (Lipinski definition) is 1. The summed E-state index contributed by atoms with van der Waals surface area (Å²) >= 11 is 5.93. The quantitative estimate of drug-likeness (QED) is 0.927. The molecule has 0 fully saturated rings. The van der Waals surface area contributed by atoms with Crippen LogP contribution >= 0.6 is 11.6 Å². The van der Waals surface area contributed by atoms with E-state index >= 15 is 0 Å². The highest BCUT2D eigenvalue weighted by molar-refractivity contribution is 6.30. The van der Waals surface area contributed by atoms with Gasteiger partial charge in [0.15, 0.2) is 0 Å². The van der Waals surface area contributed by atoms with Crippen molar-refractivity contribution in [3.8, 4) is 5.69 Å². The van der Waals surface area contributed by atoms with Crippen LogP contribution in [-0.4, -0.2) is 23.4 Å². The number of nitrogens with zero attached hydrogens (tertiary/aromatic N) is 2. The Kier molecular flexibility index (Phi) is 4.27. The number of halogens is 1. The molecule has 0 spiro atoms. The predicted molar refractivity (Wildman–Crippen MR) is 80.4 cm³/mol. The summed E-state index contributed by atoms with van der Waals surface area (Å²) in [6, 6.07) is 7.77. The highest BCUT2D eigenvalue weighted by atomic mass is 35.5. The van der Waals surface area contributed by atoms with Crippen LogP contribution in [0.2, 0.25) is 5.02 Å². The molecule has 2 aromatic rings. The molecule has 1 atom stereocenters. The number of aromatic nitrogens is 2. The third-order valence-corrected chi connectivity index (χ3v) is 3.67. The van der Waals surface area contributed by atoms with E-state index < -0.39 is 0 Å². The fraction of sp³-hybridized carbons (Fsp3) is 0.400. The van der Waals surface area contributed by atoms with E-state index in [0.29, 0.717) is 5.92 Å². The number of hydrogen-bond acceptors (Lipinski definition) is 2. The van der Waals surface area contributed by atoms with Gasteiger partial charge in [0.1, 0.15) is 0 Å². The second-order valence-corrected chi connectivity index (χ2v) is 5.37. The van der Waals surface area contributed by atoms with Crippen molar-refractivity contribution in [2.45, 2.75) is 26.7 Å². The van der Waals surface area contributed by atoms with Crippen molar-refractivity contribution < 1.29 is 0 Å². The smallest absolute Gasteiger partial charge is 0.0649 e. The van der Waals surface area contributed by atoms with Crippen molar-refractivity contribution >= 4 is 11.6 Å². The molecular formula is C15H20ClN3. The fourth-order valence-corrected chi connectivity index (χ4v) is 2.74. The van der Waals surface area contributed by atoms with Crippen LogP contribution in [0, 0.1) is 13.8 Å². The van der Waals surface area contributed by atoms with Gasteiger partial charge >= 0.3 is 0 Å². The van der Waals surface area contributed by atoms with Gasteiger partial charge in [0.25, 0.3) is 0 Å². The largest absolute Gasteiger partial charge is 0.319 e. The van der Waals surface area contributed by atoms with Crippen molar-refractivity contribution in [2.24, 2.45) is 0 Å². The minimum atomic E-state index is 0.450. The van der Waals surface area contributed by atoms with Crippen molar-refractivity contribution in [2.75, 3.05) is 13.6 Å². The monoisotopic (exact) mass is 277 g/mol. The van der Waals surface area contributed by atoms with Gasteiger partial charge in [-0.3, -0.25) is 0 Å². The predicted octanol–water partition coefficient (Wildman–Crippen LogP) is 3.47. The summed E-state index contributed by atoms with van der Waals surface area (Å²) in [4.78, 5) is 0. The Morgan fingerprint density at radius 1 is 1.26 bits per heavy atom. The Morgan fingerprint density at radius 2 is 1.89 bits per heavy atom. The minimum Gasteiger partial charge on any atom is -0.319 e. The zero-order valence-electron chi connectivity index (χ0n) is 11.9. The first-order chi connectivity index (χ1) is 9.04. The molecular weight excluding hydrogens is 258 g/mol. The molecule has 0 amide bonds. The van der Waals surface area contributed by atoms with Crippen LogP contribution in [0.15, 0.2) is 24.3 Å². The molecule has 0 radical (unpaired) electrons. The first kappa shape index (κ1) is 14.1. The van der Waals surface area contributed by atoms with E-state index in [-0.39, 0.29) is 0 Å². The minimum absolute atomic E-state index is 0.450. The molecule has 2 rings (SSSR count). The molecule has 0 aliphatic carbocycles. The Labute approximate surface area is 119 Å². The molecule has 0 aliphatic heterocycles. The van der Waals surface area contributed by atoms with Crippen LogP contribution in [0.3, 0.4) is 0 Å². The molecule has 1 N–H and O–H groups in total. The second kappa shape index (κ2) is 5.76. The zero-order chi connectivity index (χ0) is 14.0. The van der Waals surface area contributed by atoms with Gasteiger partial charge in [0.05, 0.1) is 11.4 Å². The van der Waals surface area contributed by atoms with E-state index in [1.165, 1.54) is 11.3 Å². The SMILES string of the molecule is CNCC(C)c1c(C)nn(-c2ccc(Cl)cc2)c1C. The van der Waals surface area contributed by atoms with Crippen molar-refractivity contribution in [3.63, 3.8) is 0 Å². The van der Waals surface area contributed by atoms with Crippen LogP contribution in [0.25, 0.3) is 5.69 Å². The third kappa shape index (κ3) is 2.82. The topological polar surface area (TPSA) is 29.9 Å². The van der Waals surface area contributed by atoms with Crippen molar-refractivity contribution in [1.29, 1.82) is 0 Å². The molecule has 1 aromatic carbocycles. The van der Waals surface area contributed by atoms with Gasteiger partial charge in [-0.05, 0) is 51.1 Å². The maximum atomic E-state index is 5.93. The molecule has 102 valence electrons. The maximum absolute atomic E-state index is 5.93. The summed E-state index contributed by atoms with van der Waals surface area (Å²) in [5.41, 5.74) is 4.66. The molecule has 1 aromatic heterocycles. The first-order valence-electron chi connectivity index (χ1n) is 6.51. The van der Waals surface area contributed by atoms with Gasteiger partial charge in [0, 0.05) is 22.8 Å². The zero-order valence-corrected chi connectivity index (χ0v) is 12.6. The fourth-order valence-electron chi connectivity index (χ4n) is 2.61. The van der Waals surface area contributed by atoms with E-state index in [2.05, 4.69) is 31.2 Å². The number of likely N-dealkylation sites (N-methyl/N-ethyl adjacent to an activating group) is 1. The number of aryl methyl sites for hydroxylation is 1. The average Bonchev–Trinajstić information content (AvgIpc) is 2.66. The molecule has 0 saturated carbocycles. The summed E-state index contributed by atoms with van der Waals surface area (Å²) in [5, 5.41) is 8.63. The van der Waals surface area contributed by atoms with Gasteiger partial charge < -0.3 is 5.32 Å².